The van der Waals surface area contributed by atoms with Gasteiger partial charge >= 0.3 is 0 Å². The molecule has 4 rings (SSSR count). The summed E-state index contributed by atoms with van der Waals surface area (Å²) in [6, 6.07) is 10.1. The number of likely N-dealkylation sites (tertiary alicyclic amines) is 1. The topological polar surface area (TPSA) is 62.3 Å². The average molecular weight is 400 g/mol. The van der Waals surface area contributed by atoms with E-state index in [2.05, 4.69) is 22.2 Å². The van der Waals surface area contributed by atoms with Crippen molar-refractivity contribution in [3.8, 4) is 11.1 Å². The van der Waals surface area contributed by atoms with Gasteiger partial charge in [0.15, 0.2) is 9.84 Å². The number of piperidine rings is 1. The quantitative estimate of drug-likeness (QED) is 0.828. The van der Waals surface area contributed by atoms with E-state index in [1.165, 1.54) is 0 Å². The molecule has 150 valence electrons. The number of rotatable bonds is 5. The molecular formula is C22H29N3O2S. The first-order valence-corrected chi connectivity index (χ1v) is 11.7. The van der Waals surface area contributed by atoms with Crippen molar-refractivity contribution in [1.82, 2.24) is 9.88 Å². The summed E-state index contributed by atoms with van der Waals surface area (Å²) in [4.78, 5) is 7.26. The number of nitrogens with zero attached hydrogens (tertiary/aromatic N) is 2. The van der Waals surface area contributed by atoms with E-state index in [0.29, 0.717) is 10.9 Å². The highest BCUT2D eigenvalue weighted by atomic mass is 32.2. The second kappa shape index (κ2) is 7.48. The van der Waals surface area contributed by atoms with Gasteiger partial charge in [0.25, 0.3) is 0 Å². The van der Waals surface area contributed by atoms with Gasteiger partial charge in [-0.15, -0.1) is 0 Å². The second-order valence-electron chi connectivity index (χ2n) is 8.31. The molecule has 1 N–H and O–H groups in total. The highest BCUT2D eigenvalue weighted by Gasteiger charge is 2.37. The molecule has 5 nitrogen and oxygen atoms in total. The molecule has 2 aliphatic rings. The van der Waals surface area contributed by atoms with Crippen LogP contribution in [-0.2, 0) is 9.84 Å². The van der Waals surface area contributed by atoms with Crippen molar-refractivity contribution in [1.29, 1.82) is 0 Å². The molecule has 0 spiro atoms. The smallest absolute Gasteiger partial charge is 0.181 e. The molecule has 0 radical (unpaired) electrons. The fourth-order valence-electron chi connectivity index (χ4n) is 4.00. The third-order valence-electron chi connectivity index (χ3n) is 5.75. The van der Waals surface area contributed by atoms with E-state index in [1.807, 2.05) is 38.1 Å². The van der Waals surface area contributed by atoms with Crippen molar-refractivity contribution in [3.63, 3.8) is 0 Å². The minimum atomic E-state index is -3.22. The summed E-state index contributed by atoms with van der Waals surface area (Å²) < 4.78 is 25.6. The fourth-order valence-corrected chi connectivity index (χ4v) is 5.68. The van der Waals surface area contributed by atoms with Gasteiger partial charge < -0.3 is 10.2 Å². The number of aromatic nitrogens is 1. The molecule has 0 atom stereocenters. The average Bonchev–Trinajstić information content (AvgIpc) is 3.49. The summed E-state index contributed by atoms with van der Waals surface area (Å²) in [5, 5.41) is 3.49. The molecule has 1 saturated carbocycles. The molecule has 1 aliphatic heterocycles. The molecule has 28 heavy (non-hydrogen) atoms. The van der Waals surface area contributed by atoms with Crippen LogP contribution in [-0.4, -0.2) is 49.7 Å². The molecule has 2 heterocycles. The van der Waals surface area contributed by atoms with E-state index in [-0.39, 0.29) is 5.25 Å². The van der Waals surface area contributed by atoms with Gasteiger partial charge in [-0.2, -0.15) is 0 Å². The zero-order chi connectivity index (χ0) is 19.9. The van der Waals surface area contributed by atoms with Crippen molar-refractivity contribution in [2.45, 2.75) is 55.7 Å². The standard InChI is InChI=1S/C22H29N3O2S/c1-15-12-17(13-16(2)23-15)21-14-20(28(26,27)19-4-5-19)6-7-22(21)24-18-8-10-25(3)11-9-18/h6-7,12-14,18-19,24H,4-5,8-11H2,1-3H3. The van der Waals surface area contributed by atoms with Crippen molar-refractivity contribution >= 4 is 15.5 Å². The Hall–Kier alpha value is -1.92. The predicted molar refractivity (Wildman–Crippen MR) is 113 cm³/mol. The highest BCUT2D eigenvalue weighted by molar-refractivity contribution is 7.92. The summed E-state index contributed by atoms with van der Waals surface area (Å²) in [7, 11) is -1.07. The number of pyridine rings is 1. The third kappa shape index (κ3) is 4.08. The lowest BCUT2D eigenvalue weighted by atomic mass is 10.0. The van der Waals surface area contributed by atoms with Crippen molar-refractivity contribution < 1.29 is 8.42 Å². The molecule has 0 bridgehead atoms. The van der Waals surface area contributed by atoms with Crippen molar-refractivity contribution in [3.05, 3.63) is 41.7 Å². The number of hydrogen-bond donors (Lipinski definition) is 1. The maximum Gasteiger partial charge on any atom is 0.181 e. The van der Waals surface area contributed by atoms with Gasteiger partial charge in [0, 0.05) is 28.7 Å². The lowest BCUT2D eigenvalue weighted by Gasteiger charge is -2.31. The van der Waals surface area contributed by atoms with Crippen LogP contribution in [0.4, 0.5) is 5.69 Å². The Kier molecular flexibility index (Phi) is 5.19. The van der Waals surface area contributed by atoms with Gasteiger partial charge in [0.05, 0.1) is 10.1 Å². The Balaban J connectivity index is 1.74. The van der Waals surface area contributed by atoms with E-state index in [9.17, 15) is 8.42 Å². The lowest BCUT2D eigenvalue weighted by Crippen LogP contribution is -2.36. The minimum Gasteiger partial charge on any atom is -0.382 e. The lowest BCUT2D eigenvalue weighted by molar-refractivity contribution is 0.264. The van der Waals surface area contributed by atoms with Crippen LogP contribution < -0.4 is 5.32 Å². The number of sulfone groups is 1. The molecular weight excluding hydrogens is 370 g/mol. The van der Waals surface area contributed by atoms with Crippen molar-refractivity contribution in [2.24, 2.45) is 0 Å². The minimum absolute atomic E-state index is 0.200. The first kappa shape index (κ1) is 19.4. The van der Waals surface area contributed by atoms with Crippen LogP contribution in [0.2, 0.25) is 0 Å². The molecule has 2 fully saturated rings. The van der Waals surface area contributed by atoms with E-state index in [0.717, 1.165) is 67.0 Å². The molecule has 0 unspecified atom stereocenters. The summed E-state index contributed by atoms with van der Waals surface area (Å²) in [6.07, 6.45) is 3.74. The van der Waals surface area contributed by atoms with Crippen LogP contribution in [0.25, 0.3) is 11.1 Å². The first-order valence-electron chi connectivity index (χ1n) is 10.1. The molecule has 1 aromatic carbocycles. The number of hydrogen-bond acceptors (Lipinski definition) is 5. The van der Waals surface area contributed by atoms with Gasteiger partial charge in [0.1, 0.15) is 0 Å². The van der Waals surface area contributed by atoms with Crippen LogP contribution >= 0.6 is 0 Å². The largest absolute Gasteiger partial charge is 0.382 e. The third-order valence-corrected chi connectivity index (χ3v) is 8.01. The molecule has 1 aromatic heterocycles. The number of aryl methyl sites for hydroxylation is 2. The maximum absolute atomic E-state index is 12.8. The Bertz CT molecular complexity index is 955. The second-order valence-corrected chi connectivity index (χ2v) is 10.5. The van der Waals surface area contributed by atoms with E-state index in [4.69, 9.17) is 0 Å². The van der Waals surface area contributed by atoms with Crippen LogP contribution in [0.15, 0.2) is 35.2 Å². The Morgan fingerprint density at radius 3 is 2.25 bits per heavy atom. The SMILES string of the molecule is Cc1cc(-c2cc(S(=O)(=O)C3CC3)ccc2NC2CCN(C)CC2)cc(C)n1. The van der Waals surface area contributed by atoms with E-state index < -0.39 is 9.84 Å². The maximum atomic E-state index is 12.8. The van der Waals surface area contributed by atoms with E-state index >= 15 is 0 Å². The summed E-state index contributed by atoms with van der Waals surface area (Å²) in [5.74, 6) is 0. The van der Waals surface area contributed by atoms with Crippen LogP contribution in [0, 0.1) is 13.8 Å². The molecule has 0 amide bonds. The van der Waals surface area contributed by atoms with E-state index in [1.54, 1.807) is 6.07 Å². The van der Waals surface area contributed by atoms with Gasteiger partial charge in [0.2, 0.25) is 0 Å². The molecule has 1 aliphatic carbocycles. The Morgan fingerprint density at radius 1 is 1.00 bits per heavy atom. The fraction of sp³-hybridized carbons (Fsp3) is 0.500. The van der Waals surface area contributed by atoms with Gasteiger partial charge in [-0.3, -0.25) is 4.98 Å². The van der Waals surface area contributed by atoms with Gasteiger partial charge in [-0.05, 0) is 95.6 Å². The highest BCUT2D eigenvalue weighted by Crippen LogP contribution is 2.38. The zero-order valence-electron chi connectivity index (χ0n) is 16.9. The van der Waals surface area contributed by atoms with Gasteiger partial charge in [-0.25, -0.2) is 8.42 Å². The van der Waals surface area contributed by atoms with Crippen LogP contribution in [0.5, 0.6) is 0 Å². The monoisotopic (exact) mass is 399 g/mol. The number of benzene rings is 1. The normalized spacial score (nSPS) is 19.0. The molecule has 1 saturated heterocycles. The molecule has 2 aromatic rings. The zero-order valence-corrected chi connectivity index (χ0v) is 17.7. The Labute approximate surface area is 168 Å². The van der Waals surface area contributed by atoms with Crippen LogP contribution in [0.3, 0.4) is 0 Å². The predicted octanol–water partition coefficient (Wildman–Crippen LogP) is 3.81. The number of nitrogens with one attached hydrogen (secondary N) is 1. The summed E-state index contributed by atoms with van der Waals surface area (Å²) in [5.41, 5.74) is 4.86. The van der Waals surface area contributed by atoms with Crippen LogP contribution in [0.1, 0.15) is 37.1 Å². The van der Waals surface area contributed by atoms with Gasteiger partial charge in [-0.1, -0.05) is 0 Å². The first-order chi connectivity index (χ1) is 13.3. The summed E-state index contributed by atoms with van der Waals surface area (Å²) >= 11 is 0. The number of anilines is 1. The molecule has 6 heteroatoms. The Morgan fingerprint density at radius 2 is 1.64 bits per heavy atom. The van der Waals surface area contributed by atoms with Crippen molar-refractivity contribution in [2.75, 3.05) is 25.5 Å². The summed E-state index contributed by atoms with van der Waals surface area (Å²) in [6.45, 7) is 6.11.